The Balaban J connectivity index is 1.60. The molecule has 0 aromatic heterocycles. The highest BCUT2D eigenvalue weighted by Gasteiger charge is 2.20. The Morgan fingerprint density at radius 3 is 2.35 bits per heavy atom. The van der Waals surface area contributed by atoms with Gasteiger partial charge in [-0.05, 0) is 61.2 Å². The standard InChI is InChI=1S/C27H32N2O4S/c1-5-23-8-6-7-9-25(23)29(34(4,31)32)19-22-11-13-24(14-12-22)27(30)28-16-17-33-26-15-10-20(2)18-21(26)3/h6-15,18H,5,16-17,19H2,1-4H3,(H,28,30). The average molecular weight is 481 g/mol. The lowest BCUT2D eigenvalue weighted by molar-refractivity contribution is 0.0947. The van der Waals surface area contributed by atoms with E-state index in [1.54, 1.807) is 24.3 Å². The summed E-state index contributed by atoms with van der Waals surface area (Å²) in [5.41, 5.74) is 5.19. The molecule has 0 aliphatic carbocycles. The molecule has 0 unspecified atom stereocenters. The van der Waals surface area contributed by atoms with Gasteiger partial charge >= 0.3 is 0 Å². The summed E-state index contributed by atoms with van der Waals surface area (Å²) in [6.45, 7) is 6.97. The molecule has 6 nitrogen and oxygen atoms in total. The number of benzene rings is 3. The van der Waals surface area contributed by atoms with Crippen molar-refractivity contribution in [1.82, 2.24) is 5.32 Å². The first kappa shape index (κ1) is 25.3. The molecule has 7 heteroatoms. The number of nitrogens with zero attached hydrogens (tertiary/aromatic N) is 1. The molecule has 0 spiro atoms. The second-order valence-corrected chi connectivity index (χ2v) is 10.2. The van der Waals surface area contributed by atoms with Crippen LogP contribution in [0.25, 0.3) is 0 Å². The molecule has 0 heterocycles. The van der Waals surface area contributed by atoms with E-state index in [4.69, 9.17) is 4.74 Å². The van der Waals surface area contributed by atoms with Crippen LogP contribution in [0.3, 0.4) is 0 Å². The fourth-order valence-electron chi connectivity index (χ4n) is 3.75. The van der Waals surface area contributed by atoms with E-state index in [0.717, 1.165) is 28.9 Å². The zero-order chi connectivity index (χ0) is 24.7. The Morgan fingerprint density at radius 2 is 1.71 bits per heavy atom. The summed E-state index contributed by atoms with van der Waals surface area (Å²) in [5.74, 6) is 0.608. The minimum atomic E-state index is -3.48. The third-order valence-corrected chi connectivity index (χ3v) is 6.69. The summed E-state index contributed by atoms with van der Waals surface area (Å²) >= 11 is 0. The molecule has 0 atom stereocenters. The van der Waals surface area contributed by atoms with Gasteiger partial charge < -0.3 is 10.1 Å². The molecule has 1 N–H and O–H groups in total. The van der Waals surface area contributed by atoms with Gasteiger partial charge in [-0.15, -0.1) is 0 Å². The molecule has 180 valence electrons. The number of ether oxygens (including phenoxy) is 1. The van der Waals surface area contributed by atoms with Crippen molar-refractivity contribution in [2.75, 3.05) is 23.7 Å². The summed E-state index contributed by atoms with van der Waals surface area (Å²) in [7, 11) is -3.48. The maximum absolute atomic E-state index is 12.5. The number of amides is 1. The smallest absolute Gasteiger partial charge is 0.251 e. The normalized spacial score (nSPS) is 11.2. The lowest BCUT2D eigenvalue weighted by atomic mass is 10.1. The third kappa shape index (κ3) is 6.60. The summed E-state index contributed by atoms with van der Waals surface area (Å²) in [6.07, 6.45) is 1.94. The minimum Gasteiger partial charge on any atom is -0.491 e. The van der Waals surface area contributed by atoms with Crippen molar-refractivity contribution in [3.05, 3.63) is 94.5 Å². The van der Waals surface area contributed by atoms with E-state index in [-0.39, 0.29) is 12.5 Å². The molecule has 3 rings (SSSR count). The molecule has 0 radical (unpaired) electrons. The van der Waals surface area contributed by atoms with Crippen molar-refractivity contribution in [2.45, 2.75) is 33.7 Å². The number of aryl methyl sites for hydroxylation is 3. The van der Waals surface area contributed by atoms with Crippen molar-refractivity contribution in [3.8, 4) is 5.75 Å². The summed E-state index contributed by atoms with van der Waals surface area (Å²) in [4.78, 5) is 12.5. The summed E-state index contributed by atoms with van der Waals surface area (Å²) < 4.78 is 32.2. The first-order chi connectivity index (χ1) is 16.2. The SMILES string of the molecule is CCc1ccccc1N(Cc1ccc(C(=O)NCCOc2ccc(C)cc2C)cc1)S(C)(=O)=O. The molecule has 3 aromatic carbocycles. The number of para-hydroxylation sites is 1. The second-order valence-electron chi connectivity index (χ2n) is 8.32. The number of rotatable bonds is 10. The van der Waals surface area contributed by atoms with Crippen molar-refractivity contribution >= 4 is 21.6 Å². The summed E-state index contributed by atoms with van der Waals surface area (Å²) in [5, 5.41) is 2.86. The average Bonchev–Trinajstić information content (AvgIpc) is 2.81. The lowest BCUT2D eigenvalue weighted by Gasteiger charge is -2.25. The Labute approximate surface area is 202 Å². The van der Waals surface area contributed by atoms with Crippen LogP contribution in [0.2, 0.25) is 0 Å². The maximum Gasteiger partial charge on any atom is 0.251 e. The Hall–Kier alpha value is -3.32. The van der Waals surface area contributed by atoms with Crippen LogP contribution in [0.5, 0.6) is 5.75 Å². The number of nitrogens with one attached hydrogen (secondary N) is 1. The van der Waals surface area contributed by atoms with E-state index in [0.29, 0.717) is 24.4 Å². The number of sulfonamides is 1. The van der Waals surface area contributed by atoms with Crippen molar-refractivity contribution in [2.24, 2.45) is 0 Å². The van der Waals surface area contributed by atoms with Gasteiger partial charge in [-0.1, -0.05) is 55.0 Å². The number of carbonyl (C=O) groups is 1. The Morgan fingerprint density at radius 1 is 1.00 bits per heavy atom. The zero-order valence-electron chi connectivity index (χ0n) is 20.2. The van der Waals surface area contributed by atoms with Crippen molar-refractivity contribution < 1.29 is 17.9 Å². The predicted molar refractivity (Wildman–Crippen MR) is 137 cm³/mol. The fourth-order valence-corrected chi connectivity index (χ4v) is 4.67. The second kappa shape index (κ2) is 11.2. The van der Waals surface area contributed by atoms with Crippen LogP contribution in [0.15, 0.2) is 66.7 Å². The Kier molecular flexibility index (Phi) is 8.34. The molecule has 1 amide bonds. The lowest BCUT2D eigenvalue weighted by Crippen LogP contribution is -2.30. The summed E-state index contributed by atoms with van der Waals surface area (Å²) in [6, 6.07) is 20.5. The topological polar surface area (TPSA) is 75.7 Å². The molecule has 0 saturated heterocycles. The van der Waals surface area contributed by atoms with Crippen LogP contribution in [-0.4, -0.2) is 33.7 Å². The molecule has 0 saturated carbocycles. The predicted octanol–water partition coefficient (Wildman–Crippen LogP) is 4.64. The largest absolute Gasteiger partial charge is 0.491 e. The molecule has 3 aromatic rings. The van der Waals surface area contributed by atoms with Crippen LogP contribution in [0, 0.1) is 13.8 Å². The fraction of sp³-hybridized carbons (Fsp3) is 0.296. The number of anilines is 1. The maximum atomic E-state index is 12.5. The molecule has 34 heavy (non-hydrogen) atoms. The first-order valence-corrected chi connectivity index (χ1v) is 13.2. The molecule has 0 fully saturated rings. The van der Waals surface area contributed by atoms with E-state index in [2.05, 4.69) is 11.4 Å². The van der Waals surface area contributed by atoms with Gasteiger partial charge in [0.2, 0.25) is 10.0 Å². The van der Waals surface area contributed by atoms with E-state index in [9.17, 15) is 13.2 Å². The molecule has 0 bridgehead atoms. The van der Waals surface area contributed by atoms with E-state index in [1.165, 1.54) is 16.1 Å². The minimum absolute atomic E-state index is 0.196. The van der Waals surface area contributed by atoms with Gasteiger partial charge in [0.05, 0.1) is 25.0 Å². The number of hydrogen-bond donors (Lipinski definition) is 1. The van der Waals surface area contributed by atoms with Crippen molar-refractivity contribution in [3.63, 3.8) is 0 Å². The highest BCUT2D eigenvalue weighted by molar-refractivity contribution is 7.92. The van der Waals surface area contributed by atoms with Crippen LogP contribution in [0.1, 0.15) is 39.5 Å². The molecular formula is C27H32N2O4S. The molecule has 0 aliphatic heterocycles. The number of carbonyl (C=O) groups excluding carboxylic acids is 1. The quantitative estimate of drug-likeness (QED) is 0.429. The van der Waals surface area contributed by atoms with Gasteiger partial charge in [-0.25, -0.2) is 8.42 Å². The monoisotopic (exact) mass is 480 g/mol. The molecule has 0 aliphatic rings. The third-order valence-electron chi connectivity index (χ3n) is 5.56. The van der Waals surface area contributed by atoms with E-state index < -0.39 is 10.0 Å². The zero-order valence-corrected chi connectivity index (χ0v) is 21.0. The highest BCUT2D eigenvalue weighted by Crippen LogP contribution is 2.25. The van der Waals surface area contributed by atoms with Gasteiger partial charge in [-0.3, -0.25) is 9.10 Å². The van der Waals surface area contributed by atoms with Gasteiger partial charge in [-0.2, -0.15) is 0 Å². The van der Waals surface area contributed by atoms with Crippen LogP contribution >= 0.6 is 0 Å². The van der Waals surface area contributed by atoms with Crippen LogP contribution in [-0.2, 0) is 23.0 Å². The van der Waals surface area contributed by atoms with Crippen molar-refractivity contribution in [1.29, 1.82) is 0 Å². The first-order valence-electron chi connectivity index (χ1n) is 11.3. The van der Waals surface area contributed by atoms with Gasteiger partial charge in [0, 0.05) is 5.56 Å². The molecular weight excluding hydrogens is 448 g/mol. The van der Waals surface area contributed by atoms with Gasteiger partial charge in [0.25, 0.3) is 5.91 Å². The van der Waals surface area contributed by atoms with Crippen LogP contribution < -0.4 is 14.4 Å². The van der Waals surface area contributed by atoms with E-state index in [1.807, 2.05) is 57.2 Å². The van der Waals surface area contributed by atoms with E-state index >= 15 is 0 Å². The number of hydrogen-bond acceptors (Lipinski definition) is 4. The van der Waals surface area contributed by atoms with Crippen LogP contribution in [0.4, 0.5) is 5.69 Å². The van der Waals surface area contributed by atoms with Gasteiger partial charge in [0.15, 0.2) is 0 Å². The highest BCUT2D eigenvalue weighted by atomic mass is 32.2. The van der Waals surface area contributed by atoms with Gasteiger partial charge in [0.1, 0.15) is 12.4 Å². The Bertz CT molecular complexity index is 1240.